The van der Waals surface area contributed by atoms with Gasteiger partial charge in [-0.3, -0.25) is 9.59 Å². The Morgan fingerprint density at radius 2 is 2.12 bits per heavy atom. The number of carboxylic acid groups (broad SMARTS) is 1. The van der Waals surface area contributed by atoms with Gasteiger partial charge in [-0.05, 0) is 23.6 Å². The second kappa shape index (κ2) is 3.98. The van der Waals surface area contributed by atoms with Crippen LogP contribution in [0.15, 0.2) is 29.1 Å². The first-order valence-electron chi connectivity index (χ1n) is 4.59. The number of hydrogen-bond donors (Lipinski definition) is 2. The van der Waals surface area contributed by atoms with Gasteiger partial charge in [0.1, 0.15) is 0 Å². The van der Waals surface area contributed by atoms with E-state index in [1.807, 2.05) is 0 Å². The van der Waals surface area contributed by atoms with Crippen LogP contribution in [0.1, 0.15) is 5.69 Å². The van der Waals surface area contributed by atoms with Gasteiger partial charge >= 0.3 is 5.97 Å². The molecule has 4 nitrogen and oxygen atoms in total. The minimum Gasteiger partial charge on any atom is -0.481 e. The Kier molecular flexibility index (Phi) is 2.66. The van der Waals surface area contributed by atoms with Gasteiger partial charge in [0.15, 0.2) is 0 Å². The van der Waals surface area contributed by atoms with Crippen LogP contribution in [0.5, 0.6) is 0 Å². The molecule has 0 aliphatic carbocycles. The SMILES string of the molecule is O=C(O)Cc1cc2ccc(Cl)cc2c(=O)[nH]1. The zero-order valence-corrected chi connectivity index (χ0v) is 8.91. The summed E-state index contributed by atoms with van der Waals surface area (Å²) < 4.78 is 0. The van der Waals surface area contributed by atoms with E-state index in [2.05, 4.69) is 4.98 Å². The van der Waals surface area contributed by atoms with Gasteiger partial charge in [0.05, 0.1) is 6.42 Å². The molecular weight excluding hydrogens is 230 g/mol. The highest BCUT2D eigenvalue weighted by atomic mass is 35.5. The number of rotatable bonds is 2. The second-order valence-corrected chi connectivity index (χ2v) is 3.86. The lowest BCUT2D eigenvalue weighted by Crippen LogP contribution is -2.12. The largest absolute Gasteiger partial charge is 0.481 e. The molecule has 0 amide bonds. The molecule has 82 valence electrons. The van der Waals surface area contributed by atoms with Crippen LogP contribution >= 0.6 is 11.6 Å². The Morgan fingerprint density at radius 1 is 1.38 bits per heavy atom. The third-order valence-corrected chi connectivity index (χ3v) is 2.44. The number of nitrogens with one attached hydrogen (secondary N) is 1. The number of H-pyrrole nitrogens is 1. The lowest BCUT2D eigenvalue weighted by Gasteiger charge is -2.01. The summed E-state index contributed by atoms with van der Waals surface area (Å²) in [6.07, 6.45) is -0.201. The number of benzene rings is 1. The first-order valence-corrected chi connectivity index (χ1v) is 4.97. The van der Waals surface area contributed by atoms with Crippen LogP contribution in [0.4, 0.5) is 0 Å². The van der Waals surface area contributed by atoms with Crippen molar-refractivity contribution in [1.82, 2.24) is 4.98 Å². The Bertz CT molecular complexity index is 618. The quantitative estimate of drug-likeness (QED) is 0.837. The van der Waals surface area contributed by atoms with Gasteiger partial charge in [-0.1, -0.05) is 17.7 Å². The number of carboxylic acids is 1. The van der Waals surface area contributed by atoms with E-state index in [9.17, 15) is 9.59 Å². The predicted molar refractivity (Wildman–Crippen MR) is 60.9 cm³/mol. The molecule has 2 rings (SSSR count). The fraction of sp³-hybridized carbons (Fsp3) is 0.0909. The number of pyridine rings is 1. The molecule has 0 unspecified atom stereocenters. The molecule has 2 aromatic rings. The smallest absolute Gasteiger partial charge is 0.309 e. The third-order valence-electron chi connectivity index (χ3n) is 2.21. The average molecular weight is 238 g/mol. The van der Waals surface area contributed by atoms with Gasteiger partial charge in [0.25, 0.3) is 5.56 Å². The van der Waals surface area contributed by atoms with Crippen molar-refractivity contribution in [2.75, 3.05) is 0 Å². The molecule has 0 saturated carbocycles. The number of aromatic amines is 1. The molecule has 1 heterocycles. The van der Waals surface area contributed by atoms with Crippen molar-refractivity contribution in [1.29, 1.82) is 0 Å². The molecule has 0 aliphatic rings. The van der Waals surface area contributed by atoms with Crippen molar-refractivity contribution < 1.29 is 9.90 Å². The Labute approximate surface area is 95.5 Å². The Morgan fingerprint density at radius 3 is 2.81 bits per heavy atom. The molecule has 2 N–H and O–H groups in total. The number of aliphatic carboxylic acids is 1. The minimum absolute atomic E-state index is 0.201. The summed E-state index contributed by atoms with van der Waals surface area (Å²) >= 11 is 5.77. The van der Waals surface area contributed by atoms with Crippen LogP contribution < -0.4 is 5.56 Å². The number of fused-ring (bicyclic) bond motifs is 1. The van der Waals surface area contributed by atoms with Crippen LogP contribution in [-0.4, -0.2) is 16.1 Å². The topological polar surface area (TPSA) is 70.2 Å². The number of halogens is 1. The molecule has 0 spiro atoms. The van der Waals surface area contributed by atoms with Crippen molar-refractivity contribution in [3.05, 3.63) is 45.3 Å². The Hall–Kier alpha value is -1.81. The van der Waals surface area contributed by atoms with Crippen molar-refractivity contribution >= 4 is 28.3 Å². The zero-order valence-electron chi connectivity index (χ0n) is 8.16. The molecule has 16 heavy (non-hydrogen) atoms. The highest BCUT2D eigenvalue weighted by molar-refractivity contribution is 6.31. The van der Waals surface area contributed by atoms with Crippen LogP contribution in [0.3, 0.4) is 0 Å². The monoisotopic (exact) mass is 237 g/mol. The summed E-state index contributed by atoms with van der Waals surface area (Å²) in [4.78, 5) is 24.7. The molecule has 5 heteroatoms. The molecule has 1 aromatic carbocycles. The predicted octanol–water partition coefficient (Wildman–Crippen LogP) is 1.81. The van der Waals surface area contributed by atoms with E-state index in [1.165, 1.54) is 0 Å². The highest BCUT2D eigenvalue weighted by Crippen LogP contribution is 2.16. The van der Waals surface area contributed by atoms with E-state index < -0.39 is 5.97 Å². The lowest BCUT2D eigenvalue weighted by molar-refractivity contribution is -0.136. The van der Waals surface area contributed by atoms with Gasteiger partial charge < -0.3 is 10.1 Å². The summed E-state index contributed by atoms with van der Waals surface area (Å²) in [7, 11) is 0. The molecule has 0 bridgehead atoms. The van der Waals surface area contributed by atoms with Crippen molar-refractivity contribution in [3.63, 3.8) is 0 Å². The van der Waals surface area contributed by atoms with Crippen LogP contribution in [0.25, 0.3) is 10.8 Å². The standard InChI is InChI=1S/C11H8ClNO3/c12-7-2-1-6-3-8(5-10(14)15)13-11(16)9(6)4-7/h1-4H,5H2,(H,13,16)(H,14,15). The summed E-state index contributed by atoms with van der Waals surface area (Å²) in [5.41, 5.74) is 0.0589. The fourth-order valence-corrected chi connectivity index (χ4v) is 1.72. The van der Waals surface area contributed by atoms with E-state index >= 15 is 0 Å². The van der Waals surface area contributed by atoms with Crippen molar-refractivity contribution in [3.8, 4) is 0 Å². The second-order valence-electron chi connectivity index (χ2n) is 3.43. The zero-order chi connectivity index (χ0) is 11.7. The molecule has 0 fully saturated rings. The fourth-order valence-electron chi connectivity index (χ4n) is 1.55. The van der Waals surface area contributed by atoms with E-state index in [0.29, 0.717) is 21.5 Å². The van der Waals surface area contributed by atoms with E-state index in [-0.39, 0.29) is 12.0 Å². The van der Waals surface area contributed by atoms with Gasteiger partial charge in [0.2, 0.25) is 0 Å². The number of hydrogen-bond acceptors (Lipinski definition) is 2. The molecule has 0 atom stereocenters. The normalized spacial score (nSPS) is 10.6. The Balaban J connectivity index is 2.64. The van der Waals surface area contributed by atoms with Crippen LogP contribution in [0.2, 0.25) is 5.02 Å². The molecular formula is C11H8ClNO3. The van der Waals surface area contributed by atoms with Crippen molar-refractivity contribution in [2.45, 2.75) is 6.42 Å². The maximum atomic E-state index is 11.6. The number of carbonyl (C=O) groups is 1. The van der Waals surface area contributed by atoms with Crippen molar-refractivity contribution in [2.24, 2.45) is 0 Å². The van der Waals surface area contributed by atoms with E-state index in [4.69, 9.17) is 16.7 Å². The first-order chi connectivity index (χ1) is 7.56. The third kappa shape index (κ3) is 2.06. The van der Waals surface area contributed by atoms with Crippen LogP contribution in [-0.2, 0) is 11.2 Å². The molecule has 0 saturated heterocycles. The summed E-state index contributed by atoms with van der Waals surface area (Å²) in [6.45, 7) is 0. The molecule has 0 radical (unpaired) electrons. The first kappa shape index (κ1) is 10.7. The van der Waals surface area contributed by atoms with Gasteiger partial charge in [-0.25, -0.2) is 0 Å². The van der Waals surface area contributed by atoms with Gasteiger partial charge in [-0.2, -0.15) is 0 Å². The maximum absolute atomic E-state index is 11.6. The number of aromatic nitrogens is 1. The van der Waals surface area contributed by atoms with Crippen LogP contribution in [0, 0.1) is 0 Å². The lowest BCUT2D eigenvalue weighted by atomic mass is 10.1. The summed E-state index contributed by atoms with van der Waals surface area (Å²) in [5, 5.41) is 10.3. The van der Waals surface area contributed by atoms with E-state index in [1.54, 1.807) is 24.3 Å². The minimum atomic E-state index is -0.982. The maximum Gasteiger partial charge on any atom is 0.309 e. The van der Waals surface area contributed by atoms with Gasteiger partial charge in [-0.15, -0.1) is 0 Å². The summed E-state index contributed by atoms with van der Waals surface area (Å²) in [5.74, 6) is -0.982. The van der Waals surface area contributed by atoms with Gasteiger partial charge in [0, 0.05) is 16.1 Å². The highest BCUT2D eigenvalue weighted by Gasteiger charge is 2.05. The molecule has 1 aromatic heterocycles. The average Bonchev–Trinajstić information content (AvgIpc) is 2.18. The summed E-state index contributed by atoms with van der Waals surface area (Å²) in [6, 6.07) is 6.55. The van der Waals surface area contributed by atoms with E-state index in [0.717, 1.165) is 0 Å². The molecule has 0 aliphatic heterocycles.